The minimum atomic E-state index is 0.0520. The van der Waals surface area contributed by atoms with Gasteiger partial charge in [-0.1, -0.05) is 0 Å². The van der Waals surface area contributed by atoms with Gasteiger partial charge in [-0.25, -0.2) is 14.6 Å². The molecule has 1 aliphatic rings. The molecule has 1 saturated carbocycles. The van der Waals surface area contributed by atoms with E-state index in [2.05, 4.69) is 30.8 Å². The Morgan fingerprint density at radius 3 is 2.75 bits per heavy atom. The molecule has 0 radical (unpaired) electrons. The molecule has 1 amide bonds. The fourth-order valence-electron chi connectivity index (χ4n) is 2.28. The predicted molar refractivity (Wildman–Crippen MR) is 87.0 cm³/mol. The van der Waals surface area contributed by atoms with Crippen molar-refractivity contribution in [1.82, 2.24) is 29.5 Å². The van der Waals surface area contributed by atoms with Gasteiger partial charge in [0.25, 0.3) is 0 Å². The first-order chi connectivity index (χ1) is 11.7. The van der Waals surface area contributed by atoms with Crippen LogP contribution in [0.15, 0.2) is 37.2 Å². The number of aryl methyl sites for hydroxylation is 1. The number of carbonyl (C=O) groups is 1. The normalized spacial score (nSPS) is 13.7. The van der Waals surface area contributed by atoms with E-state index in [0.29, 0.717) is 17.3 Å². The van der Waals surface area contributed by atoms with Crippen molar-refractivity contribution in [3.8, 4) is 5.82 Å². The fraction of sp³-hybridized carbons (Fsp3) is 0.267. The fourth-order valence-corrected chi connectivity index (χ4v) is 2.28. The highest BCUT2D eigenvalue weighted by Gasteiger charge is 2.29. The van der Waals surface area contributed by atoms with Crippen LogP contribution in [0.4, 0.5) is 17.2 Å². The van der Waals surface area contributed by atoms with Gasteiger partial charge in [0.2, 0.25) is 5.91 Å². The maximum Gasteiger partial charge on any atom is 0.227 e. The van der Waals surface area contributed by atoms with Gasteiger partial charge in [-0.15, -0.1) is 0 Å². The number of rotatable bonds is 5. The second-order valence-electron chi connectivity index (χ2n) is 5.73. The molecule has 24 heavy (non-hydrogen) atoms. The Labute approximate surface area is 137 Å². The summed E-state index contributed by atoms with van der Waals surface area (Å²) in [6.45, 7) is 0. The van der Waals surface area contributed by atoms with Crippen molar-refractivity contribution in [3.63, 3.8) is 0 Å². The molecule has 0 aromatic carbocycles. The van der Waals surface area contributed by atoms with Crippen LogP contribution in [0.5, 0.6) is 0 Å². The lowest BCUT2D eigenvalue weighted by molar-refractivity contribution is -0.117. The van der Waals surface area contributed by atoms with Gasteiger partial charge in [0, 0.05) is 25.2 Å². The summed E-state index contributed by atoms with van der Waals surface area (Å²) in [5.41, 5.74) is 1.49. The molecule has 2 N–H and O–H groups in total. The van der Waals surface area contributed by atoms with Crippen LogP contribution in [0, 0.1) is 5.92 Å². The van der Waals surface area contributed by atoms with Crippen molar-refractivity contribution in [1.29, 1.82) is 0 Å². The maximum absolute atomic E-state index is 11.8. The van der Waals surface area contributed by atoms with Crippen molar-refractivity contribution in [2.75, 3.05) is 10.6 Å². The monoisotopic (exact) mass is 324 g/mol. The molecule has 1 aliphatic carbocycles. The molecule has 122 valence electrons. The summed E-state index contributed by atoms with van der Waals surface area (Å²) in [7, 11) is 1.85. The number of amides is 1. The standard InChI is InChI=1S/C15H16N8O/c1-22-7-11(5-18-22)20-13-4-14(17-9-16-13)23-8-12(6-19-23)21-15(24)10-2-3-10/h4-10H,2-3H2,1H3,(H,21,24)(H,16,17,20). The van der Waals surface area contributed by atoms with Crippen molar-refractivity contribution < 1.29 is 4.79 Å². The third-order valence-corrected chi connectivity index (χ3v) is 3.66. The van der Waals surface area contributed by atoms with Crippen LogP contribution in [0.3, 0.4) is 0 Å². The van der Waals surface area contributed by atoms with Crippen LogP contribution < -0.4 is 10.6 Å². The van der Waals surface area contributed by atoms with Gasteiger partial charge in [0.1, 0.15) is 12.1 Å². The highest BCUT2D eigenvalue weighted by atomic mass is 16.2. The predicted octanol–water partition coefficient (Wildman–Crippen LogP) is 1.49. The van der Waals surface area contributed by atoms with Crippen LogP contribution in [0.25, 0.3) is 5.82 Å². The molecule has 0 unspecified atom stereocenters. The highest BCUT2D eigenvalue weighted by molar-refractivity contribution is 5.93. The summed E-state index contributed by atoms with van der Waals surface area (Å²) in [5, 5.41) is 14.3. The Morgan fingerprint density at radius 1 is 1.17 bits per heavy atom. The van der Waals surface area contributed by atoms with Gasteiger partial charge in [0.15, 0.2) is 5.82 Å². The third-order valence-electron chi connectivity index (χ3n) is 3.66. The first-order valence-electron chi connectivity index (χ1n) is 7.61. The molecule has 3 aromatic rings. The second-order valence-corrected chi connectivity index (χ2v) is 5.73. The van der Waals surface area contributed by atoms with Crippen LogP contribution in [0.2, 0.25) is 0 Å². The largest absolute Gasteiger partial charge is 0.338 e. The van der Waals surface area contributed by atoms with E-state index >= 15 is 0 Å². The minimum Gasteiger partial charge on any atom is -0.338 e. The zero-order valence-corrected chi connectivity index (χ0v) is 13.0. The lowest BCUT2D eigenvalue weighted by Gasteiger charge is -2.04. The Morgan fingerprint density at radius 2 is 2.00 bits per heavy atom. The van der Waals surface area contributed by atoms with Gasteiger partial charge in [0.05, 0.1) is 30.0 Å². The van der Waals surface area contributed by atoms with Crippen molar-refractivity contribution in [3.05, 3.63) is 37.2 Å². The molecule has 0 bridgehead atoms. The lowest BCUT2D eigenvalue weighted by Crippen LogP contribution is -2.12. The molecular formula is C15H16N8O. The number of nitrogens with one attached hydrogen (secondary N) is 2. The average Bonchev–Trinajstić information content (AvgIpc) is 3.20. The van der Waals surface area contributed by atoms with Crippen LogP contribution in [0.1, 0.15) is 12.8 Å². The molecule has 0 atom stereocenters. The highest BCUT2D eigenvalue weighted by Crippen LogP contribution is 2.30. The van der Waals surface area contributed by atoms with E-state index in [4.69, 9.17) is 0 Å². The minimum absolute atomic E-state index is 0.0520. The Bertz CT molecular complexity index is 879. The molecule has 9 heteroatoms. The lowest BCUT2D eigenvalue weighted by atomic mass is 10.4. The molecular weight excluding hydrogens is 308 g/mol. The van der Waals surface area contributed by atoms with E-state index in [0.717, 1.165) is 18.5 Å². The SMILES string of the molecule is Cn1cc(Nc2cc(-n3cc(NC(=O)C4CC4)cn3)ncn2)cn1. The number of hydrogen-bond donors (Lipinski definition) is 2. The molecule has 0 saturated heterocycles. The number of anilines is 3. The number of hydrogen-bond acceptors (Lipinski definition) is 6. The van der Waals surface area contributed by atoms with Gasteiger partial charge in [-0.3, -0.25) is 9.48 Å². The smallest absolute Gasteiger partial charge is 0.227 e. The van der Waals surface area contributed by atoms with Gasteiger partial charge < -0.3 is 10.6 Å². The number of nitrogens with zero attached hydrogens (tertiary/aromatic N) is 6. The van der Waals surface area contributed by atoms with E-state index in [9.17, 15) is 4.79 Å². The maximum atomic E-state index is 11.8. The van der Waals surface area contributed by atoms with E-state index in [1.165, 1.54) is 6.33 Å². The summed E-state index contributed by atoms with van der Waals surface area (Å²) in [6.07, 6.45) is 10.3. The molecule has 0 aliphatic heterocycles. The summed E-state index contributed by atoms with van der Waals surface area (Å²) in [5.74, 6) is 1.44. The second kappa shape index (κ2) is 5.76. The number of aromatic nitrogens is 6. The molecule has 0 spiro atoms. The van der Waals surface area contributed by atoms with Crippen molar-refractivity contribution >= 4 is 23.1 Å². The van der Waals surface area contributed by atoms with E-state index in [-0.39, 0.29) is 11.8 Å². The first-order valence-corrected chi connectivity index (χ1v) is 7.61. The number of carbonyl (C=O) groups excluding carboxylic acids is 1. The van der Waals surface area contributed by atoms with Gasteiger partial charge >= 0.3 is 0 Å². The topological polar surface area (TPSA) is 103 Å². The van der Waals surface area contributed by atoms with E-state index in [1.54, 1.807) is 34.0 Å². The van der Waals surface area contributed by atoms with Crippen LogP contribution in [-0.4, -0.2) is 35.4 Å². The van der Waals surface area contributed by atoms with Gasteiger partial charge in [-0.2, -0.15) is 10.2 Å². The average molecular weight is 324 g/mol. The van der Waals surface area contributed by atoms with Gasteiger partial charge in [-0.05, 0) is 12.8 Å². The Balaban J connectivity index is 1.50. The van der Waals surface area contributed by atoms with Crippen molar-refractivity contribution in [2.45, 2.75) is 12.8 Å². The Kier molecular flexibility index (Phi) is 3.45. The van der Waals surface area contributed by atoms with E-state index in [1.807, 2.05) is 13.2 Å². The quantitative estimate of drug-likeness (QED) is 0.737. The molecule has 3 aromatic heterocycles. The zero-order valence-electron chi connectivity index (χ0n) is 13.0. The van der Waals surface area contributed by atoms with Crippen molar-refractivity contribution in [2.24, 2.45) is 13.0 Å². The summed E-state index contributed by atoms with van der Waals surface area (Å²) in [4.78, 5) is 20.2. The van der Waals surface area contributed by atoms with E-state index < -0.39 is 0 Å². The molecule has 9 nitrogen and oxygen atoms in total. The Hall–Kier alpha value is -3.23. The van der Waals surface area contributed by atoms with Crippen LogP contribution in [-0.2, 0) is 11.8 Å². The summed E-state index contributed by atoms with van der Waals surface area (Å²) < 4.78 is 3.30. The first kappa shape index (κ1) is 14.4. The zero-order chi connectivity index (χ0) is 16.5. The molecule has 4 rings (SSSR count). The summed E-state index contributed by atoms with van der Waals surface area (Å²) >= 11 is 0. The molecule has 3 heterocycles. The van der Waals surface area contributed by atoms with Crippen LogP contribution >= 0.6 is 0 Å². The third kappa shape index (κ3) is 3.09. The summed E-state index contributed by atoms with van der Waals surface area (Å²) in [6, 6.07) is 1.77. The molecule has 1 fully saturated rings.